The van der Waals surface area contributed by atoms with Crippen LogP contribution in [-0.2, 0) is 22.7 Å². The summed E-state index contributed by atoms with van der Waals surface area (Å²) < 4.78 is 20.7. The number of hydrogen-bond donors (Lipinski definition) is 2. The van der Waals surface area contributed by atoms with Gasteiger partial charge in [-0.05, 0) is 47.9 Å². The molecule has 3 aromatic rings. The smallest absolute Gasteiger partial charge is 0.255 e. The monoisotopic (exact) mass is 597 g/mol. The number of ether oxygens (including phenoxy) is 1. The number of rotatable bonds is 8. The highest BCUT2D eigenvalue weighted by atomic mass is 19.1. The number of piperazine rings is 1. The molecule has 0 aliphatic carbocycles. The molecular weight excluding hydrogens is 565 g/mol. The van der Waals surface area contributed by atoms with Gasteiger partial charge in [0.05, 0.1) is 36.5 Å². The number of halogens is 1. The van der Waals surface area contributed by atoms with Crippen molar-refractivity contribution in [3.8, 4) is 11.8 Å². The SMILES string of the molecule is N#Cc1ccc(N2CCN([C@@H](CO)c3ccc(COc4cccc5c4CN([C@H]4CCC(=O)NC4=O)C5=O)cc3)CC2)c(F)c1. The minimum Gasteiger partial charge on any atom is -0.489 e. The van der Waals surface area contributed by atoms with Crippen LogP contribution in [0, 0.1) is 17.1 Å². The summed E-state index contributed by atoms with van der Waals surface area (Å²) in [5.41, 5.74) is 3.86. The van der Waals surface area contributed by atoms with E-state index in [-0.39, 0.29) is 44.0 Å². The quantitative estimate of drug-likeness (QED) is 0.380. The van der Waals surface area contributed by atoms with E-state index in [2.05, 4.69) is 10.2 Å². The first kappa shape index (κ1) is 29.3. The molecule has 2 atom stereocenters. The Hall–Kier alpha value is -4.79. The van der Waals surface area contributed by atoms with E-state index in [1.807, 2.05) is 35.2 Å². The number of carbonyl (C=O) groups is 3. The van der Waals surface area contributed by atoms with E-state index in [1.54, 1.807) is 30.3 Å². The summed E-state index contributed by atoms with van der Waals surface area (Å²) in [6.07, 6.45) is 0.495. The van der Waals surface area contributed by atoms with Crippen molar-refractivity contribution in [2.75, 3.05) is 37.7 Å². The maximum absolute atomic E-state index is 14.5. The van der Waals surface area contributed by atoms with Crippen LogP contribution in [0.3, 0.4) is 0 Å². The Labute approximate surface area is 254 Å². The van der Waals surface area contributed by atoms with Crippen molar-refractivity contribution in [2.24, 2.45) is 0 Å². The summed E-state index contributed by atoms with van der Waals surface area (Å²) in [6, 6.07) is 18.7. The molecule has 226 valence electrons. The van der Waals surface area contributed by atoms with Gasteiger partial charge in [0.25, 0.3) is 5.91 Å². The van der Waals surface area contributed by atoms with Crippen molar-refractivity contribution in [1.82, 2.24) is 15.1 Å². The van der Waals surface area contributed by atoms with Crippen molar-refractivity contribution in [1.29, 1.82) is 5.26 Å². The van der Waals surface area contributed by atoms with Gasteiger partial charge in [-0.2, -0.15) is 5.26 Å². The Morgan fingerprint density at radius 2 is 1.82 bits per heavy atom. The molecule has 3 aromatic carbocycles. The number of nitrogens with zero attached hydrogens (tertiary/aromatic N) is 4. The van der Waals surface area contributed by atoms with E-state index in [1.165, 1.54) is 11.0 Å². The van der Waals surface area contributed by atoms with Gasteiger partial charge in [-0.3, -0.25) is 24.6 Å². The van der Waals surface area contributed by atoms with Crippen LogP contribution in [0.5, 0.6) is 5.75 Å². The number of imide groups is 1. The molecule has 3 aliphatic rings. The van der Waals surface area contributed by atoms with Gasteiger partial charge in [0.2, 0.25) is 11.8 Å². The highest BCUT2D eigenvalue weighted by Gasteiger charge is 2.40. The van der Waals surface area contributed by atoms with Crippen LogP contribution in [0.4, 0.5) is 10.1 Å². The van der Waals surface area contributed by atoms with Crippen LogP contribution in [0.15, 0.2) is 60.7 Å². The standard InChI is InChI=1S/C33H32FN5O5/c34-26-16-22(17-35)6-9-27(26)37-12-14-38(15-13-37)29(19-40)23-7-4-21(5-8-23)20-44-30-3-1-2-24-25(30)18-39(33(24)43)28-10-11-31(41)36-32(28)42/h1-9,16,28-29,40H,10-15,18-20H2,(H,36,41,42)/t28-,29-/m0/s1. The number of benzene rings is 3. The van der Waals surface area contributed by atoms with Gasteiger partial charge in [0.15, 0.2) is 0 Å². The predicted octanol–water partition coefficient (Wildman–Crippen LogP) is 2.89. The fraction of sp³-hybridized carbons (Fsp3) is 0.333. The first-order valence-electron chi connectivity index (χ1n) is 14.6. The zero-order valence-electron chi connectivity index (χ0n) is 24.0. The molecule has 0 bridgehead atoms. The predicted molar refractivity (Wildman–Crippen MR) is 158 cm³/mol. The van der Waals surface area contributed by atoms with E-state index in [0.29, 0.717) is 55.2 Å². The van der Waals surface area contributed by atoms with Crippen LogP contribution in [0.1, 0.15) is 51.5 Å². The fourth-order valence-corrected chi connectivity index (χ4v) is 6.23. The second-order valence-corrected chi connectivity index (χ2v) is 11.2. The van der Waals surface area contributed by atoms with Gasteiger partial charge < -0.3 is 19.6 Å². The zero-order valence-corrected chi connectivity index (χ0v) is 24.0. The second-order valence-electron chi connectivity index (χ2n) is 11.2. The third-order valence-corrected chi connectivity index (χ3v) is 8.64. The van der Waals surface area contributed by atoms with Crippen molar-refractivity contribution >= 4 is 23.4 Å². The molecular formula is C33H32FN5O5. The van der Waals surface area contributed by atoms with Crippen LogP contribution in [-0.4, -0.2) is 71.5 Å². The number of aliphatic hydroxyl groups excluding tert-OH is 1. The average Bonchev–Trinajstić information content (AvgIpc) is 3.37. The maximum atomic E-state index is 14.5. The fourth-order valence-electron chi connectivity index (χ4n) is 6.23. The van der Waals surface area contributed by atoms with Crippen molar-refractivity contribution in [3.63, 3.8) is 0 Å². The summed E-state index contributed by atoms with van der Waals surface area (Å²) in [6.45, 7) is 2.91. The van der Waals surface area contributed by atoms with E-state index in [9.17, 15) is 23.9 Å². The highest BCUT2D eigenvalue weighted by Crippen LogP contribution is 2.34. The molecule has 0 saturated carbocycles. The molecule has 0 unspecified atom stereocenters. The zero-order chi connectivity index (χ0) is 30.8. The van der Waals surface area contributed by atoms with Crippen LogP contribution >= 0.6 is 0 Å². The lowest BCUT2D eigenvalue weighted by Gasteiger charge is -2.40. The molecule has 3 heterocycles. The average molecular weight is 598 g/mol. The number of piperidine rings is 1. The summed E-state index contributed by atoms with van der Waals surface area (Å²) in [5, 5.41) is 21.6. The van der Waals surface area contributed by atoms with Gasteiger partial charge in [0, 0.05) is 43.7 Å². The Morgan fingerprint density at radius 3 is 2.50 bits per heavy atom. The summed E-state index contributed by atoms with van der Waals surface area (Å²) >= 11 is 0. The Kier molecular flexibility index (Phi) is 8.28. The van der Waals surface area contributed by atoms with Gasteiger partial charge in [-0.1, -0.05) is 30.3 Å². The molecule has 2 fully saturated rings. The van der Waals surface area contributed by atoms with E-state index in [0.717, 1.165) is 16.7 Å². The number of nitrogens with one attached hydrogen (secondary N) is 1. The number of aliphatic hydroxyl groups is 1. The number of hydrogen-bond acceptors (Lipinski definition) is 8. The lowest BCUT2D eigenvalue weighted by molar-refractivity contribution is -0.136. The van der Waals surface area contributed by atoms with Crippen molar-refractivity contribution in [3.05, 3.63) is 94.3 Å². The van der Waals surface area contributed by atoms with Crippen LogP contribution in [0.2, 0.25) is 0 Å². The largest absolute Gasteiger partial charge is 0.489 e. The number of carbonyl (C=O) groups excluding carboxylic acids is 3. The number of amides is 3. The summed E-state index contributed by atoms with van der Waals surface area (Å²) in [4.78, 5) is 42.7. The van der Waals surface area contributed by atoms with Gasteiger partial charge in [-0.15, -0.1) is 0 Å². The molecule has 3 amide bonds. The first-order chi connectivity index (χ1) is 21.4. The molecule has 11 heteroatoms. The number of nitriles is 1. The normalized spacial score (nSPS) is 19.4. The first-order valence-corrected chi connectivity index (χ1v) is 14.6. The molecule has 0 aromatic heterocycles. The molecule has 3 aliphatic heterocycles. The van der Waals surface area contributed by atoms with Gasteiger partial charge >= 0.3 is 0 Å². The molecule has 2 N–H and O–H groups in total. The topological polar surface area (TPSA) is 126 Å². The molecule has 0 spiro atoms. The lowest BCUT2D eigenvalue weighted by atomic mass is 10.0. The Balaban J connectivity index is 1.07. The highest BCUT2D eigenvalue weighted by molar-refractivity contribution is 6.05. The van der Waals surface area contributed by atoms with Crippen LogP contribution in [0.25, 0.3) is 0 Å². The number of fused-ring (bicyclic) bond motifs is 1. The van der Waals surface area contributed by atoms with E-state index >= 15 is 0 Å². The second kappa shape index (κ2) is 12.4. The number of anilines is 1. The summed E-state index contributed by atoms with van der Waals surface area (Å²) in [7, 11) is 0. The van der Waals surface area contributed by atoms with Crippen molar-refractivity contribution < 1.29 is 28.6 Å². The van der Waals surface area contributed by atoms with Gasteiger partial charge in [-0.25, -0.2) is 4.39 Å². The van der Waals surface area contributed by atoms with Crippen LogP contribution < -0.4 is 15.0 Å². The molecule has 0 radical (unpaired) electrons. The van der Waals surface area contributed by atoms with E-state index in [4.69, 9.17) is 10.00 Å². The minimum absolute atomic E-state index is 0.0606. The van der Waals surface area contributed by atoms with Crippen molar-refractivity contribution in [2.45, 2.75) is 38.1 Å². The Bertz CT molecular complexity index is 1630. The molecule has 10 nitrogen and oxygen atoms in total. The van der Waals surface area contributed by atoms with E-state index < -0.39 is 17.8 Å². The maximum Gasteiger partial charge on any atom is 0.255 e. The summed E-state index contributed by atoms with van der Waals surface area (Å²) in [5.74, 6) is -0.864. The molecule has 2 saturated heterocycles. The third-order valence-electron chi connectivity index (χ3n) is 8.64. The molecule has 44 heavy (non-hydrogen) atoms. The van der Waals surface area contributed by atoms with Gasteiger partial charge in [0.1, 0.15) is 24.2 Å². The minimum atomic E-state index is -0.687. The third kappa shape index (κ3) is 5.74. The molecule has 6 rings (SSSR count). The lowest BCUT2D eigenvalue weighted by Crippen LogP contribution is -2.52. The Morgan fingerprint density at radius 1 is 1.05 bits per heavy atom.